The highest BCUT2D eigenvalue weighted by molar-refractivity contribution is 7.19. The van der Waals surface area contributed by atoms with Crippen LogP contribution in [0.25, 0.3) is 15.8 Å². The third kappa shape index (κ3) is 6.12. The van der Waals surface area contributed by atoms with Gasteiger partial charge in [-0.15, -0.1) is 11.3 Å². The molecule has 24 heavy (non-hydrogen) atoms. The van der Waals surface area contributed by atoms with Gasteiger partial charge in [-0.25, -0.2) is 4.98 Å². The Hall–Kier alpha value is -1.61. The molecule has 0 fully saturated rings. The van der Waals surface area contributed by atoms with Crippen molar-refractivity contribution >= 4 is 27.1 Å². The van der Waals surface area contributed by atoms with E-state index in [1.165, 1.54) is 12.8 Å². The number of aliphatic hydroxyl groups is 1. The van der Waals surface area contributed by atoms with Crippen LogP contribution in [0.4, 0.5) is 0 Å². The molecule has 0 radical (unpaired) electrons. The van der Waals surface area contributed by atoms with Crippen LogP contribution < -0.4 is 0 Å². The average Bonchev–Trinajstić information content (AvgIpc) is 2.90. The molecule has 0 bridgehead atoms. The van der Waals surface area contributed by atoms with E-state index in [1.54, 1.807) is 17.4 Å². The molecule has 2 nitrogen and oxygen atoms in total. The zero-order valence-electron chi connectivity index (χ0n) is 15.8. The summed E-state index contributed by atoms with van der Waals surface area (Å²) in [5, 5.41) is 11.0. The second kappa shape index (κ2) is 10.3. The maximum atomic E-state index is 10.1. The monoisotopic (exact) mass is 345 g/mol. The van der Waals surface area contributed by atoms with Gasteiger partial charge < -0.3 is 5.11 Å². The minimum Gasteiger partial charge on any atom is -0.508 e. The van der Waals surface area contributed by atoms with E-state index in [0.717, 1.165) is 26.7 Å². The lowest BCUT2D eigenvalue weighted by molar-refractivity contribution is 0.430. The number of benzene rings is 1. The highest BCUT2D eigenvalue weighted by Gasteiger charge is 2.15. The summed E-state index contributed by atoms with van der Waals surface area (Å²) >= 11 is 1.63. The van der Waals surface area contributed by atoms with Gasteiger partial charge in [0, 0.05) is 5.57 Å². The zero-order valence-corrected chi connectivity index (χ0v) is 16.7. The molecule has 2 aromatic rings. The second-order valence-electron chi connectivity index (χ2n) is 6.62. The topological polar surface area (TPSA) is 33.1 Å². The summed E-state index contributed by atoms with van der Waals surface area (Å²) in [5.74, 6) is 1.45. The minimum absolute atomic E-state index is 0.238. The van der Waals surface area contributed by atoms with Crippen molar-refractivity contribution in [2.45, 2.75) is 54.4 Å². The molecule has 0 saturated carbocycles. The minimum atomic E-state index is 0.238. The van der Waals surface area contributed by atoms with Gasteiger partial charge in [-0.2, -0.15) is 0 Å². The van der Waals surface area contributed by atoms with Gasteiger partial charge in [0.25, 0.3) is 0 Å². The molecule has 0 atom stereocenters. The Morgan fingerprint density at radius 3 is 2.33 bits per heavy atom. The number of para-hydroxylation sites is 1. The van der Waals surface area contributed by atoms with E-state index in [2.05, 4.69) is 45.7 Å². The molecule has 1 aromatic carbocycles. The van der Waals surface area contributed by atoms with Gasteiger partial charge in [0.1, 0.15) is 10.8 Å². The molecule has 2 rings (SSSR count). The first-order valence-electron chi connectivity index (χ1n) is 8.82. The Balaban J connectivity index is 0.000000413. The van der Waals surface area contributed by atoms with Crippen molar-refractivity contribution in [3.63, 3.8) is 0 Å². The molecule has 1 heterocycles. The molecule has 1 aromatic heterocycles. The third-order valence-electron chi connectivity index (χ3n) is 3.57. The van der Waals surface area contributed by atoms with Gasteiger partial charge in [-0.1, -0.05) is 65.7 Å². The standard InChI is InChI=1S/C15H17NOS.C6H14/c1-4-7-12(17)14(10(2)3)15-16-11-8-5-6-9-13(11)18-15;1-4-5-6(2)3/h4-10,17H,1-3H3;6H,4-5H2,1-3H3/b7-4-,14-12-;. The normalized spacial score (nSPS) is 12.7. The van der Waals surface area contributed by atoms with Gasteiger partial charge in [-0.05, 0) is 37.0 Å². The molecule has 0 amide bonds. The Morgan fingerprint density at radius 2 is 1.88 bits per heavy atom. The van der Waals surface area contributed by atoms with Crippen LogP contribution in [0.3, 0.4) is 0 Å². The zero-order chi connectivity index (χ0) is 18.1. The summed E-state index contributed by atoms with van der Waals surface area (Å²) in [6.45, 7) is 12.8. The van der Waals surface area contributed by atoms with E-state index in [9.17, 15) is 5.11 Å². The summed E-state index contributed by atoms with van der Waals surface area (Å²) in [4.78, 5) is 4.60. The van der Waals surface area contributed by atoms with Crippen molar-refractivity contribution in [2.75, 3.05) is 0 Å². The highest BCUT2D eigenvalue weighted by atomic mass is 32.1. The average molecular weight is 346 g/mol. The van der Waals surface area contributed by atoms with Gasteiger partial charge in [0.05, 0.1) is 10.2 Å². The second-order valence-corrected chi connectivity index (χ2v) is 7.65. The predicted octanol–water partition coefficient (Wildman–Crippen LogP) is 7.24. The molecule has 3 heteroatoms. The van der Waals surface area contributed by atoms with E-state index in [4.69, 9.17) is 0 Å². The number of hydrogen-bond acceptors (Lipinski definition) is 3. The fourth-order valence-corrected chi connectivity index (χ4v) is 3.63. The Kier molecular flexibility index (Phi) is 8.77. The van der Waals surface area contributed by atoms with E-state index >= 15 is 0 Å². The van der Waals surface area contributed by atoms with Crippen molar-refractivity contribution in [1.82, 2.24) is 4.98 Å². The first-order chi connectivity index (χ1) is 11.4. The van der Waals surface area contributed by atoms with Gasteiger partial charge >= 0.3 is 0 Å². The van der Waals surface area contributed by atoms with Crippen LogP contribution in [0.1, 0.15) is 59.4 Å². The van der Waals surface area contributed by atoms with E-state index in [0.29, 0.717) is 5.76 Å². The molecule has 0 aliphatic heterocycles. The number of aromatic nitrogens is 1. The number of thiazole rings is 1. The van der Waals surface area contributed by atoms with Gasteiger partial charge in [0.15, 0.2) is 0 Å². The van der Waals surface area contributed by atoms with Crippen LogP contribution in [0, 0.1) is 11.8 Å². The SMILES string of the molecule is C/C=C\C(O)=C(\c1nc2ccccc2s1)C(C)C.CCCC(C)C. The first kappa shape index (κ1) is 20.4. The van der Waals surface area contributed by atoms with Gasteiger partial charge in [0.2, 0.25) is 0 Å². The lowest BCUT2D eigenvalue weighted by Crippen LogP contribution is -1.97. The van der Waals surface area contributed by atoms with Crippen molar-refractivity contribution in [2.24, 2.45) is 11.8 Å². The fraction of sp³-hybridized carbons (Fsp3) is 0.476. The molecule has 0 unspecified atom stereocenters. The van der Waals surface area contributed by atoms with Crippen LogP contribution in [0.5, 0.6) is 0 Å². The maximum absolute atomic E-state index is 10.1. The van der Waals surface area contributed by atoms with E-state index in [1.807, 2.05) is 31.2 Å². The summed E-state index contributed by atoms with van der Waals surface area (Å²) in [7, 11) is 0. The quantitative estimate of drug-likeness (QED) is 0.457. The van der Waals surface area contributed by atoms with Crippen molar-refractivity contribution < 1.29 is 5.11 Å². The van der Waals surface area contributed by atoms with Crippen molar-refractivity contribution in [3.8, 4) is 0 Å². The number of fused-ring (bicyclic) bond motifs is 1. The number of hydrogen-bond donors (Lipinski definition) is 1. The largest absolute Gasteiger partial charge is 0.508 e. The Morgan fingerprint density at radius 1 is 1.21 bits per heavy atom. The molecule has 0 aliphatic carbocycles. The predicted molar refractivity (Wildman–Crippen MR) is 109 cm³/mol. The molecule has 0 saturated heterocycles. The summed E-state index contributed by atoms with van der Waals surface area (Å²) < 4.78 is 1.15. The summed E-state index contributed by atoms with van der Waals surface area (Å²) in [6.07, 6.45) is 6.27. The molecular formula is C21H31NOS. The molecule has 1 N–H and O–H groups in total. The van der Waals surface area contributed by atoms with Crippen molar-refractivity contribution in [1.29, 1.82) is 0 Å². The van der Waals surface area contributed by atoms with E-state index in [-0.39, 0.29) is 5.92 Å². The lowest BCUT2D eigenvalue weighted by Gasteiger charge is -2.09. The first-order valence-corrected chi connectivity index (χ1v) is 9.64. The number of aliphatic hydroxyl groups excluding tert-OH is 1. The smallest absolute Gasteiger partial charge is 0.124 e. The van der Waals surface area contributed by atoms with Crippen LogP contribution in [-0.2, 0) is 0 Å². The summed E-state index contributed by atoms with van der Waals surface area (Å²) in [5.41, 5.74) is 1.90. The number of rotatable bonds is 5. The number of allylic oxidation sites excluding steroid dienone is 3. The highest BCUT2D eigenvalue weighted by Crippen LogP contribution is 2.32. The van der Waals surface area contributed by atoms with Crippen LogP contribution in [0.15, 0.2) is 42.2 Å². The summed E-state index contributed by atoms with van der Waals surface area (Å²) in [6, 6.07) is 8.05. The van der Waals surface area contributed by atoms with Crippen LogP contribution >= 0.6 is 11.3 Å². The molecular weight excluding hydrogens is 314 g/mol. The fourth-order valence-electron chi connectivity index (χ4n) is 2.46. The van der Waals surface area contributed by atoms with Gasteiger partial charge in [-0.3, -0.25) is 0 Å². The number of nitrogens with zero attached hydrogens (tertiary/aromatic N) is 1. The molecule has 0 spiro atoms. The molecule has 132 valence electrons. The third-order valence-corrected chi connectivity index (χ3v) is 4.64. The van der Waals surface area contributed by atoms with Crippen LogP contribution in [0.2, 0.25) is 0 Å². The van der Waals surface area contributed by atoms with E-state index < -0.39 is 0 Å². The maximum Gasteiger partial charge on any atom is 0.124 e. The lowest BCUT2D eigenvalue weighted by atomic mass is 10.0. The van der Waals surface area contributed by atoms with Crippen LogP contribution in [-0.4, -0.2) is 10.1 Å². The molecule has 0 aliphatic rings. The Labute approximate surface area is 151 Å². The van der Waals surface area contributed by atoms with Crippen molar-refractivity contribution in [3.05, 3.63) is 47.2 Å². The Bertz CT molecular complexity index is 647.